The zero-order valence-electron chi connectivity index (χ0n) is 11.9. The summed E-state index contributed by atoms with van der Waals surface area (Å²) in [4.78, 5) is 9.40. The molecule has 1 fully saturated rings. The maximum absolute atomic E-state index is 4.75. The smallest absolute Gasteiger partial charge is 0.131 e. The summed E-state index contributed by atoms with van der Waals surface area (Å²) in [5.74, 6) is 2.56. The van der Waals surface area contributed by atoms with E-state index in [1.165, 1.54) is 25.7 Å². The fourth-order valence-electron chi connectivity index (χ4n) is 2.86. The molecule has 0 aliphatic heterocycles. The molecule has 3 nitrogen and oxygen atoms in total. The number of hydrogen-bond donors (Lipinski definition) is 1. The van der Waals surface area contributed by atoms with Crippen molar-refractivity contribution in [1.82, 2.24) is 15.3 Å². The molecule has 1 aliphatic carbocycles. The van der Waals surface area contributed by atoms with E-state index in [1.54, 1.807) is 0 Å². The van der Waals surface area contributed by atoms with Crippen LogP contribution >= 0.6 is 0 Å². The van der Waals surface area contributed by atoms with Gasteiger partial charge in [0.25, 0.3) is 0 Å². The molecule has 0 amide bonds. The zero-order valence-corrected chi connectivity index (χ0v) is 11.9. The Balaban J connectivity index is 2.10. The highest BCUT2D eigenvalue weighted by molar-refractivity contribution is 5.13. The normalized spacial score (nSPS) is 23.5. The average molecular weight is 247 g/mol. The van der Waals surface area contributed by atoms with Gasteiger partial charge in [0.05, 0.1) is 5.69 Å². The zero-order chi connectivity index (χ0) is 13.0. The van der Waals surface area contributed by atoms with Gasteiger partial charge in [0, 0.05) is 18.2 Å². The van der Waals surface area contributed by atoms with E-state index in [4.69, 9.17) is 4.98 Å². The first kappa shape index (κ1) is 13.5. The average Bonchev–Trinajstić information content (AvgIpc) is 2.84. The van der Waals surface area contributed by atoms with E-state index < -0.39 is 0 Å². The predicted molar refractivity (Wildman–Crippen MR) is 74.5 cm³/mol. The number of aromatic nitrogens is 2. The molecule has 0 radical (unpaired) electrons. The maximum Gasteiger partial charge on any atom is 0.131 e. The van der Waals surface area contributed by atoms with Crippen molar-refractivity contribution in [3.63, 3.8) is 0 Å². The second-order valence-electron chi connectivity index (χ2n) is 5.42. The lowest BCUT2D eigenvalue weighted by molar-refractivity contribution is 0.515. The van der Waals surface area contributed by atoms with Crippen molar-refractivity contribution in [1.29, 1.82) is 0 Å². The number of aryl methyl sites for hydroxylation is 1. The highest BCUT2D eigenvalue weighted by Gasteiger charge is 2.26. The number of nitrogens with one attached hydrogen (secondary N) is 1. The first-order valence-corrected chi connectivity index (χ1v) is 7.28. The third kappa shape index (κ3) is 3.29. The molecule has 1 aliphatic rings. The van der Waals surface area contributed by atoms with Gasteiger partial charge in [-0.3, -0.25) is 0 Å². The third-order valence-corrected chi connectivity index (χ3v) is 3.96. The Bertz CT molecular complexity index is 389. The topological polar surface area (TPSA) is 37.8 Å². The highest BCUT2D eigenvalue weighted by atomic mass is 14.9. The summed E-state index contributed by atoms with van der Waals surface area (Å²) in [6, 6.07) is 2.10. The first-order chi connectivity index (χ1) is 8.72. The molecule has 1 saturated carbocycles. The van der Waals surface area contributed by atoms with Gasteiger partial charge in [0.2, 0.25) is 0 Å². The molecule has 1 aromatic heterocycles. The molecular weight excluding hydrogens is 222 g/mol. The first-order valence-electron chi connectivity index (χ1n) is 7.28. The van der Waals surface area contributed by atoms with Crippen LogP contribution in [0.3, 0.4) is 0 Å². The molecule has 1 N–H and O–H groups in total. The molecule has 2 unspecified atom stereocenters. The van der Waals surface area contributed by atoms with Gasteiger partial charge in [-0.2, -0.15) is 0 Å². The van der Waals surface area contributed by atoms with Gasteiger partial charge in [-0.05, 0) is 44.7 Å². The lowest BCUT2D eigenvalue weighted by Gasteiger charge is -2.12. The van der Waals surface area contributed by atoms with Crippen molar-refractivity contribution in [2.24, 2.45) is 5.92 Å². The van der Waals surface area contributed by atoms with Crippen molar-refractivity contribution >= 4 is 0 Å². The third-order valence-electron chi connectivity index (χ3n) is 3.96. The summed E-state index contributed by atoms with van der Waals surface area (Å²) >= 11 is 0. The Labute approximate surface area is 110 Å². The summed E-state index contributed by atoms with van der Waals surface area (Å²) in [5.41, 5.74) is 2.24. The van der Waals surface area contributed by atoms with E-state index in [9.17, 15) is 0 Å². The molecular formula is C15H25N3. The minimum Gasteiger partial charge on any atom is -0.311 e. The summed E-state index contributed by atoms with van der Waals surface area (Å²) in [7, 11) is 0. The Hall–Kier alpha value is -0.960. The molecule has 0 saturated heterocycles. The van der Waals surface area contributed by atoms with Crippen molar-refractivity contribution in [2.45, 2.75) is 58.9 Å². The van der Waals surface area contributed by atoms with Gasteiger partial charge >= 0.3 is 0 Å². The minimum absolute atomic E-state index is 0.593. The maximum atomic E-state index is 4.75. The molecule has 1 heterocycles. The van der Waals surface area contributed by atoms with Gasteiger partial charge in [0.15, 0.2) is 0 Å². The van der Waals surface area contributed by atoms with Crippen molar-refractivity contribution in [3.8, 4) is 0 Å². The van der Waals surface area contributed by atoms with E-state index in [0.717, 1.165) is 36.2 Å². The van der Waals surface area contributed by atoms with Crippen molar-refractivity contribution in [2.75, 3.05) is 6.54 Å². The van der Waals surface area contributed by atoms with Crippen LogP contribution in [0.5, 0.6) is 0 Å². The minimum atomic E-state index is 0.593. The van der Waals surface area contributed by atoms with Crippen LogP contribution in [0.1, 0.15) is 62.7 Å². The van der Waals surface area contributed by atoms with Crippen LogP contribution in [0.4, 0.5) is 0 Å². The standard InChI is InChI=1S/C15H25N3/c1-4-12-6-7-13(9-12)15-17-11(3)8-14(18-15)10-16-5-2/h8,12-13,16H,4-7,9-10H2,1-3H3. The van der Waals surface area contributed by atoms with Crippen LogP contribution in [0.15, 0.2) is 6.07 Å². The van der Waals surface area contributed by atoms with E-state index in [1.807, 2.05) is 0 Å². The van der Waals surface area contributed by atoms with Crippen LogP contribution in [0.2, 0.25) is 0 Å². The predicted octanol–water partition coefficient (Wildman–Crippen LogP) is 3.19. The summed E-state index contributed by atoms with van der Waals surface area (Å²) in [6.07, 6.45) is 5.19. The second kappa shape index (κ2) is 6.28. The Morgan fingerprint density at radius 1 is 1.28 bits per heavy atom. The number of nitrogens with zero attached hydrogens (tertiary/aromatic N) is 2. The molecule has 0 bridgehead atoms. The van der Waals surface area contributed by atoms with Crippen LogP contribution < -0.4 is 5.32 Å². The molecule has 0 spiro atoms. The number of rotatable bonds is 5. The van der Waals surface area contributed by atoms with Crippen molar-refractivity contribution < 1.29 is 0 Å². The van der Waals surface area contributed by atoms with E-state index in [-0.39, 0.29) is 0 Å². The SMILES string of the molecule is CCNCc1cc(C)nc(C2CCC(CC)C2)n1. The quantitative estimate of drug-likeness (QED) is 0.868. The number of hydrogen-bond acceptors (Lipinski definition) is 3. The molecule has 1 aromatic rings. The van der Waals surface area contributed by atoms with Gasteiger partial charge in [-0.15, -0.1) is 0 Å². The largest absolute Gasteiger partial charge is 0.311 e. The fourth-order valence-corrected chi connectivity index (χ4v) is 2.86. The Morgan fingerprint density at radius 3 is 2.78 bits per heavy atom. The van der Waals surface area contributed by atoms with E-state index >= 15 is 0 Å². The van der Waals surface area contributed by atoms with Gasteiger partial charge in [-0.1, -0.05) is 20.3 Å². The van der Waals surface area contributed by atoms with E-state index in [2.05, 4.69) is 37.1 Å². The van der Waals surface area contributed by atoms with E-state index in [0.29, 0.717) is 5.92 Å². The highest BCUT2D eigenvalue weighted by Crippen LogP contribution is 2.38. The molecule has 3 heteroatoms. The summed E-state index contributed by atoms with van der Waals surface area (Å²) < 4.78 is 0. The lowest BCUT2D eigenvalue weighted by atomic mass is 10.0. The summed E-state index contributed by atoms with van der Waals surface area (Å²) in [6.45, 7) is 8.34. The molecule has 2 rings (SSSR count). The van der Waals surface area contributed by atoms with Crippen LogP contribution in [-0.2, 0) is 6.54 Å². The molecule has 0 aromatic carbocycles. The summed E-state index contributed by atoms with van der Waals surface area (Å²) in [5, 5.41) is 3.34. The molecule has 18 heavy (non-hydrogen) atoms. The van der Waals surface area contributed by atoms with Crippen LogP contribution in [-0.4, -0.2) is 16.5 Å². The second-order valence-corrected chi connectivity index (χ2v) is 5.42. The van der Waals surface area contributed by atoms with Crippen LogP contribution in [0.25, 0.3) is 0 Å². The van der Waals surface area contributed by atoms with Crippen LogP contribution in [0, 0.1) is 12.8 Å². The Morgan fingerprint density at radius 2 is 2.11 bits per heavy atom. The Kier molecular flexibility index (Phi) is 4.70. The molecule has 2 atom stereocenters. The van der Waals surface area contributed by atoms with Gasteiger partial charge < -0.3 is 5.32 Å². The fraction of sp³-hybridized carbons (Fsp3) is 0.733. The van der Waals surface area contributed by atoms with Gasteiger partial charge in [-0.25, -0.2) is 9.97 Å². The van der Waals surface area contributed by atoms with Gasteiger partial charge in [0.1, 0.15) is 5.82 Å². The monoisotopic (exact) mass is 247 g/mol. The lowest BCUT2D eigenvalue weighted by Crippen LogP contribution is -2.15. The molecule has 100 valence electrons. The van der Waals surface area contributed by atoms with Crippen molar-refractivity contribution in [3.05, 3.63) is 23.3 Å².